The Morgan fingerprint density at radius 2 is 1.72 bits per heavy atom. The zero-order chi connectivity index (χ0) is 21.1. The molecule has 2 aromatic carbocycles. The van der Waals surface area contributed by atoms with Gasteiger partial charge in [-0.1, -0.05) is 43.4 Å². The van der Waals surface area contributed by atoms with Gasteiger partial charge in [-0.2, -0.15) is 0 Å². The predicted molar refractivity (Wildman–Crippen MR) is 112 cm³/mol. The number of para-hydroxylation sites is 1. The molecule has 0 radical (unpaired) electrons. The third kappa shape index (κ3) is 7.15. The summed E-state index contributed by atoms with van der Waals surface area (Å²) in [6.45, 7) is 1.89. The van der Waals surface area contributed by atoms with Crippen LogP contribution >= 0.6 is 0 Å². The molecular formula is C23H24N2O4. The van der Waals surface area contributed by atoms with Crippen LogP contribution < -0.4 is 10.2 Å². The summed E-state index contributed by atoms with van der Waals surface area (Å²) in [7, 11) is 0. The number of carbonyl (C=O) groups is 3. The number of unbranched alkanes of at least 4 members (excludes halogenated alkanes) is 1. The normalized spacial score (nSPS) is 9.83. The number of hydrogen-bond acceptors (Lipinski definition) is 3. The highest BCUT2D eigenvalue weighted by Crippen LogP contribution is 2.15. The molecule has 150 valence electrons. The van der Waals surface area contributed by atoms with Crippen LogP contribution in [0, 0.1) is 11.8 Å². The fourth-order valence-corrected chi connectivity index (χ4v) is 2.58. The van der Waals surface area contributed by atoms with Crippen molar-refractivity contribution in [2.75, 3.05) is 18.0 Å². The van der Waals surface area contributed by atoms with E-state index in [1.165, 1.54) is 0 Å². The number of hydrogen-bond donors (Lipinski definition) is 2. The topological polar surface area (TPSA) is 86.7 Å². The van der Waals surface area contributed by atoms with Crippen molar-refractivity contribution in [3.8, 4) is 11.8 Å². The number of benzene rings is 2. The minimum absolute atomic E-state index is 0.0396. The second kappa shape index (κ2) is 11.3. The lowest BCUT2D eigenvalue weighted by Crippen LogP contribution is -2.31. The van der Waals surface area contributed by atoms with Gasteiger partial charge < -0.3 is 15.3 Å². The molecule has 0 saturated carbocycles. The van der Waals surface area contributed by atoms with Crippen molar-refractivity contribution in [3.63, 3.8) is 0 Å². The van der Waals surface area contributed by atoms with Crippen molar-refractivity contribution in [1.29, 1.82) is 0 Å². The first-order valence-corrected chi connectivity index (χ1v) is 9.45. The molecule has 2 amide bonds. The number of nitrogens with one attached hydrogen (secondary N) is 1. The fraction of sp³-hybridized carbons (Fsp3) is 0.261. The van der Waals surface area contributed by atoms with Crippen LogP contribution in [0.25, 0.3) is 0 Å². The molecule has 29 heavy (non-hydrogen) atoms. The first-order valence-electron chi connectivity index (χ1n) is 9.45. The Bertz CT molecular complexity index is 896. The zero-order valence-corrected chi connectivity index (χ0v) is 16.4. The first kappa shape index (κ1) is 21.7. The van der Waals surface area contributed by atoms with Crippen molar-refractivity contribution in [3.05, 3.63) is 65.7 Å². The average Bonchev–Trinajstić information content (AvgIpc) is 2.74. The van der Waals surface area contributed by atoms with E-state index in [2.05, 4.69) is 17.2 Å². The fourth-order valence-electron chi connectivity index (χ4n) is 2.58. The molecule has 0 heterocycles. The second-order valence-corrected chi connectivity index (χ2v) is 6.37. The minimum Gasteiger partial charge on any atom is -0.480 e. The number of rotatable bonds is 8. The predicted octanol–water partition coefficient (Wildman–Crippen LogP) is 3.08. The largest absolute Gasteiger partial charge is 0.480 e. The molecule has 6 heteroatoms. The van der Waals surface area contributed by atoms with Crippen molar-refractivity contribution >= 4 is 23.5 Å². The molecule has 2 N–H and O–H groups in total. The van der Waals surface area contributed by atoms with Gasteiger partial charge in [-0.25, -0.2) is 0 Å². The van der Waals surface area contributed by atoms with Crippen molar-refractivity contribution in [2.24, 2.45) is 0 Å². The van der Waals surface area contributed by atoms with Gasteiger partial charge in [0.05, 0.1) is 6.54 Å². The van der Waals surface area contributed by atoms with Gasteiger partial charge in [0.2, 0.25) is 5.91 Å². The van der Waals surface area contributed by atoms with Crippen LogP contribution in [-0.4, -0.2) is 36.0 Å². The number of aliphatic carboxylic acids is 1. The van der Waals surface area contributed by atoms with Gasteiger partial charge in [0.15, 0.2) is 0 Å². The highest BCUT2D eigenvalue weighted by atomic mass is 16.4. The van der Waals surface area contributed by atoms with Gasteiger partial charge in [0.25, 0.3) is 5.91 Å². The molecule has 0 aliphatic rings. The molecule has 0 spiro atoms. The molecular weight excluding hydrogens is 368 g/mol. The van der Waals surface area contributed by atoms with Gasteiger partial charge in [0.1, 0.15) is 6.54 Å². The maximum atomic E-state index is 12.5. The smallest absolute Gasteiger partial charge is 0.322 e. The molecule has 0 fully saturated rings. The molecule has 0 aliphatic carbocycles. The Hall–Kier alpha value is -3.59. The van der Waals surface area contributed by atoms with E-state index in [0.717, 1.165) is 18.5 Å². The number of carboxylic acids is 1. The molecule has 0 unspecified atom stereocenters. The van der Waals surface area contributed by atoms with E-state index in [1.807, 2.05) is 37.3 Å². The van der Waals surface area contributed by atoms with Crippen LogP contribution in [0.1, 0.15) is 42.1 Å². The summed E-state index contributed by atoms with van der Waals surface area (Å²) < 4.78 is 0. The van der Waals surface area contributed by atoms with Crippen LogP contribution in [0.4, 0.5) is 5.69 Å². The molecule has 0 aliphatic heterocycles. The highest BCUT2D eigenvalue weighted by Gasteiger charge is 2.13. The Kier molecular flexibility index (Phi) is 8.46. The van der Waals surface area contributed by atoms with Gasteiger partial charge in [-0.15, -0.1) is 0 Å². The first-order chi connectivity index (χ1) is 14.0. The molecule has 0 saturated heterocycles. The van der Waals surface area contributed by atoms with E-state index in [0.29, 0.717) is 17.5 Å². The number of anilines is 1. The number of carbonyl (C=O) groups excluding carboxylic acids is 2. The summed E-state index contributed by atoms with van der Waals surface area (Å²) in [6.07, 6.45) is 2.26. The van der Waals surface area contributed by atoms with Crippen LogP contribution in [-0.2, 0) is 9.59 Å². The van der Waals surface area contributed by atoms with E-state index >= 15 is 0 Å². The molecule has 0 bridgehead atoms. The maximum absolute atomic E-state index is 12.5. The Balaban J connectivity index is 2.05. The molecule has 0 aromatic heterocycles. The third-order valence-electron chi connectivity index (χ3n) is 4.13. The number of carboxylic acid groups (broad SMARTS) is 1. The summed E-state index contributed by atoms with van der Waals surface area (Å²) in [5, 5.41) is 10.9. The third-order valence-corrected chi connectivity index (χ3v) is 4.13. The zero-order valence-electron chi connectivity index (χ0n) is 16.4. The van der Waals surface area contributed by atoms with Crippen LogP contribution in [0.5, 0.6) is 0 Å². The van der Waals surface area contributed by atoms with Gasteiger partial charge in [-0.3, -0.25) is 14.4 Å². The van der Waals surface area contributed by atoms with Gasteiger partial charge in [-0.05, 0) is 42.8 Å². The summed E-state index contributed by atoms with van der Waals surface area (Å²) in [4.78, 5) is 36.6. The SMILES string of the molecule is CCCCC(=O)N(CC#Cc1ccc(C(=O)NCC(=O)O)cc1)c1ccccc1. The maximum Gasteiger partial charge on any atom is 0.322 e. The van der Waals surface area contributed by atoms with E-state index in [9.17, 15) is 14.4 Å². The Morgan fingerprint density at radius 1 is 1.03 bits per heavy atom. The quantitative estimate of drug-likeness (QED) is 0.676. The summed E-state index contributed by atoms with van der Waals surface area (Å²) >= 11 is 0. The monoisotopic (exact) mass is 392 g/mol. The number of nitrogens with zero attached hydrogens (tertiary/aromatic N) is 1. The lowest BCUT2D eigenvalue weighted by Gasteiger charge is -2.20. The second-order valence-electron chi connectivity index (χ2n) is 6.37. The molecule has 0 atom stereocenters. The van der Waals surface area contributed by atoms with E-state index in [-0.39, 0.29) is 12.5 Å². The standard InChI is InChI=1S/C23H24N2O4/c1-2-3-11-21(26)25(20-9-5-4-6-10-20)16-7-8-18-12-14-19(15-13-18)23(29)24-17-22(27)28/h4-6,9-10,12-15H,2-3,11,16-17H2,1H3,(H,24,29)(H,27,28). The molecule has 6 nitrogen and oxygen atoms in total. The number of amides is 2. The van der Waals surface area contributed by atoms with Crippen molar-refractivity contribution in [1.82, 2.24) is 5.32 Å². The van der Waals surface area contributed by atoms with Crippen LogP contribution in [0.3, 0.4) is 0 Å². The minimum atomic E-state index is -1.10. The molecule has 2 aromatic rings. The van der Waals surface area contributed by atoms with Crippen molar-refractivity contribution in [2.45, 2.75) is 26.2 Å². The molecule has 2 rings (SSSR count). The summed E-state index contributed by atoms with van der Waals surface area (Å²) in [6, 6.07) is 16.0. The Labute approximate surface area is 170 Å². The van der Waals surface area contributed by atoms with Crippen molar-refractivity contribution < 1.29 is 19.5 Å². The van der Waals surface area contributed by atoms with E-state index in [4.69, 9.17) is 5.11 Å². The van der Waals surface area contributed by atoms with Gasteiger partial charge in [0, 0.05) is 23.2 Å². The van der Waals surface area contributed by atoms with E-state index in [1.54, 1.807) is 29.2 Å². The summed E-state index contributed by atoms with van der Waals surface area (Å²) in [5.74, 6) is 4.51. The lowest BCUT2D eigenvalue weighted by molar-refractivity contribution is -0.135. The summed E-state index contributed by atoms with van der Waals surface area (Å²) in [5.41, 5.74) is 1.87. The Morgan fingerprint density at radius 3 is 2.34 bits per heavy atom. The highest BCUT2D eigenvalue weighted by molar-refractivity contribution is 5.96. The lowest BCUT2D eigenvalue weighted by atomic mass is 10.1. The van der Waals surface area contributed by atoms with Crippen LogP contribution in [0.2, 0.25) is 0 Å². The van der Waals surface area contributed by atoms with Crippen LogP contribution in [0.15, 0.2) is 54.6 Å². The average molecular weight is 392 g/mol. The van der Waals surface area contributed by atoms with E-state index < -0.39 is 18.4 Å². The van der Waals surface area contributed by atoms with Gasteiger partial charge >= 0.3 is 5.97 Å².